The maximum absolute atomic E-state index is 12.2. The zero-order valence-corrected chi connectivity index (χ0v) is 11.9. The Kier molecular flexibility index (Phi) is 5.63. The monoisotopic (exact) mass is 266 g/mol. The number of anilines is 1. The molecule has 5 nitrogen and oxygen atoms in total. The number of carbonyl (C=O) groups is 1. The van der Waals surface area contributed by atoms with E-state index < -0.39 is 6.10 Å². The summed E-state index contributed by atoms with van der Waals surface area (Å²) in [6.07, 6.45) is -0.557. The number of urea groups is 1. The van der Waals surface area contributed by atoms with Crippen LogP contribution in [-0.4, -0.2) is 41.8 Å². The van der Waals surface area contributed by atoms with Crippen molar-refractivity contribution in [2.75, 3.05) is 19.0 Å². The van der Waals surface area contributed by atoms with Crippen molar-refractivity contribution >= 4 is 11.7 Å². The Morgan fingerprint density at radius 1 is 1.42 bits per heavy atom. The number of amides is 2. The number of hydrogen-bond donors (Lipinski definition) is 2. The van der Waals surface area contributed by atoms with Crippen LogP contribution >= 0.6 is 0 Å². The Labute approximate surface area is 114 Å². The molecular formula is C14H22N2O3. The van der Waals surface area contributed by atoms with Gasteiger partial charge in [0.1, 0.15) is 5.75 Å². The van der Waals surface area contributed by atoms with Crippen LogP contribution < -0.4 is 10.1 Å². The molecule has 0 radical (unpaired) electrons. The molecule has 0 aromatic heterocycles. The number of ether oxygens (including phenoxy) is 1. The molecule has 106 valence electrons. The van der Waals surface area contributed by atoms with Crippen LogP contribution in [0.4, 0.5) is 10.5 Å². The van der Waals surface area contributed by atoms with E-state index in [4.69, 9.17) is 4.74 Å². The first-order valence-electron chi connectivity index (χ1n) is 6.33. The van der Waals surface area contributed by atoms with E-state index in [-0.39, 0.29) is 12.1 Å². The van der Waals surface area contributed by atoms with Crippen molar-refractivity contribution in [2.24, 2.45) is 0 Å². The lowest BCUT2D eigenvalue weighted by atomic mass is 10.2. The molecular weight excluding hydrogens is 244 g/mol. The maximum Gasteiger partial charge on any atom is 0.322 e. The second-order valence-corrected chi connectivity index (χ2v) is 4.76. The lowest BCUT2D eigenvalue weighted by Crippen LogP contribution is -2.43. The van der Waals surface area contributed by atoms with Crippen LogP contribution in [0.2, 0.25) is 0 Å². The largest absolute Gasteiger partial charge is 0.497 e. The minimum absolute atomic E-state index is 0.0141. The van der Waals surface area contributed by atoms with Crippen molar-refractivity contribution < 1.29 is 14.6 Å². The van der Waals surface area contributed by atoms with Gasteiger partial charge in [-0.15, -0.1) is 0 Å². The number of aliphatic hydroxyl groups is 1. The summed E-state index contributed by atoms with van der Waals surface area (Å²) in [5.74, 6) is 0.685. The average Bonchev–Trinajstić information content (AvgIpc) is 2.35. The average molecular weight is 266 g/mol. The first kappa shape index (κ1) is 15.3. The molecule has 0 aliphatic carbocycles. The molecule has 0 heterocycles. The van der Waals surface area contributed by atoms with Crippen LogP contribution in [0, 0.1) is 0 Å². The molecule has 1 aromatic carbocycles. The summed E-state index contributed by atoms with van der Waals surface area (Å²) in [5, 5.41) is 12.2. The molecule has 0 spiro atoms. The number of carbonyl (C=O) groups excluding carboxylic acids is 1. The van der Waals surface area contributed by atoms with Gasteiger partial charge in [-0.3, -0.25) is 0 Å². The van der Waals surface area contributed by atoms with Crippen LogP contribution in [0.25, 0.3) is 0 Å². The number of rotatable bonds is 5. The van der Waals surface area contributed by atoms with Gasteiger partial charge in [-0.1, -0.05) is 6.07 Å². The Morgan fingerprint density at radius 3 is 2.63 bits per heavy atom. The Hall–Kier alpha value is -1.75. The molecule has 2 amide bonds. The van der Waals surface area contributed by atoms with Crippen LogP contribution in [0.3, 0.4) is 0 Å². The first-order valence-corrected chi connectivity index (χ1v) is 6.33. The molecule has 2 N–H and O–H groups in total. The van der Waals surface area contributed by atoms with E-state index in [1.165, 1.54) is 0 Å². The molecule has 1 atom stereocenters. The molecule has 0 saturated heterocycles. The van der Waals surface area contributed by atoms with Crippen molar-refractivity contribution in [3.8, 4) is 5.75 Å². The Morgan fingerprint density at radius 2 is 2.11 bits per heavy atom. The first-order chi connectivity index (χ1) is 8.93. The zero-order valence-electron chi connectivity index (χ0n) is 11.9. The molecule has 0 aliphatic heterocycles. The summed E-state index contributed by atoms with van der Waals surface area (Å²) in [5.41, 5.74) is 0.667. The number of benzene rings is 1. The van der Waals surface area contributed by atoms with Crippen LogP contribution in [0.5, 0.6) is 5.75 Å². The quantitative estimate of drug-likeness (QED) is 0.859. The summed E-state index contributed by atoms with van der Waals surface area (Å²) >= 11 is 0. The molecule has 1 rings (SSSR count). The summed E-state index contributed by atoms with van der Waals surface area (Å²) in [7, 11) is 1.58. The fourth-order valence-corrected chi connectivity index (χ4v) is 1.71. The highest BCUT2D eigenvalue weighted by Crippen LogP contribution is 2.17. The van der Waals surface area contributed by atoms with Gasteiger partial charge in [-0.2, -0.15) is 0 Å². The molecule has 1 unspecified atom stereocenters. The summed E-state index contributed by atoms with van der Waals surface area (Å²) in [4.78, 5) is 13.7. The minimum atomic E-state index is -0.557. The Bertz CT molecular complexity index is 419. The van der Waals surface area contributed by atoms with Gasteiger partial charge in [-0.25, -0.2) is 4.79 Å². The maximum atomic E-state index is 12.2. The van der Waals surface area contributed by atoms with Crippen LogP contribution in [-0.2, 0) is 0 Å². The molecule has 5 heteroatoms. The van der Waals surface area contributed by atoms with Gasteiger partial charge in [0, 0.05) is 24.3 Å². The molecule has 1 aromatic rings. The summed E-state index contributed by atoms with van der Waals surface area (Å²) in [6.45, 7) is 5.78. The molecule has 19 heavy (non-hydrogen) atoms. The summed E-state index contributed by atoms with van der Waals surface area (Å²) < 4.78 is 5.10. The number of nitrogens with zero attached hydrogens (tertiary/aromatic N) is 1. The molecule has 0 saturated carbocycles. The third kappa shape index (κ3) is 4.79. The molecule has 0 aliphatic rings. The van der Waals surface area contributed by atoms with E-state index in [9.17, 15) is 9.90 Å². The third-order valence-corrected chi connectivity index (χ3v) is 2.67. The van der Waals surface area contributed by atoms with Gasteiger partial charge in [0.25, 0.3) is 0 Å². The highest BCUT2D eigenvalue weighted by atomic mass is 16.5. The van der Waals surface area contributed by atoms with E-state index >= 15 is 0 Å². The van der Waals surface area contributed by atoms with E-state index in [1.54, 1.807) is 31.1 Å². The van der Waals surface area contributed by atoms with Crippen molar-refractivity contribution in [3.05, 3.63) is 24.3 Å². The van der Waals surface area contributed by atoms with Crippen molar-refractivity contribution in [3.63, 3.8) is 0 Å². The lowest BCUT2D eigenvalue weighted by Gasteiger charge is -2.28. The van der Waals surface area contributed by atoms with Crippen LogP contribution in [0.1, 0.15) is 20.8 Å². The van der Waals surface area contributed by atoms with Crippen molar-refractivity contribution in [2.45, 2.75) is 32.9 Å². The zero-order chi connectivity index (χ0) is 14.4. The smallest absolute Gasteiger partial charge is 0.322 e. The van der Waals surface area contributed by atoms with Gasteiger partial charge < -0.3 is 20.1 Å². The van der Waals surface area contributed by atoms with E-state index in [0.29, 0.717) is 18.0 Å². The van der Waals surface area contributed by atoms with Gasteiger partial charge in [0.15, 0.2) is 0 Å². The van der Waals surface area contributed by atoms with E-state index in [1.807, 2.05) is 26.0 Å². The van der Waals surface area contributed by atoms with Gasteiger partial charge in [0.05, 0.1) is 13.2 Å². The number of nitrogens with one attached hydrogen (secondary N) is 1. The van der Waals surface area contributed by atoms with E-state index in [0.717, 1.165) is 0 Å². The number of aliphatic hydroxyl groups excluding tert-OH is 1. The fourth-order valence-electron chi connectivity index (χ4n) is 1.71. The fraction of sp³-hybridized carbons (Fsp3) is 0.500. The SMILES string of the molecule is COc1cccc(NC(=O)N(CC(C)O)C(C)C)c1. The van der Waals surface area contributed by atoms with Gasteiger partial charge >= 0.3 is 6.03 Å². The van der Waals surface area contributed by atoms with Crippen LogP contribution in [0.15, 0.2) is 24.3 Å². The predicted octanol–water partition coefficient (Wildman–Crippen LogP) is 2.32. The minimum Gasteiger partial charge on any atom is -0.497 e. The van der Waals surface area contributed by atoms with E-state index in [2.05, 4.69) is 5.32 Å². The third-order valence-electron chi connectivity index (χ3n) is 2.67. The second kappa shape index (κ2) is 6.99. The van der Waals surface area contributed by atoms with Crippen molar-refractivity contribution in [1.82, 2.24) is 4.90 Å². The predicted molar refractivity (Wildman–Crippen MR) is 75.5 cm³/mol. The lowest BCUT2D eigenvalue weighted by molar-refractivity contribution is 0.125. The van der Waals surface area contributed by atoms with Gasteiger partial charge in [0.2, 0.25) is 0 Å². The van der Waals surface area contributed by atoms with Gasteiger partial charge in [-0.05, 0) is 32.9 Å². The highest BCUT2D eigenvalue weighted by Gasteiger charge is 2.18. The molecule has 0 bridgehead atoms. The number of methoxy groups -OCH3 is 1. The summed E-state index contributed by atoms with van der Waals surface area (Å²) in [6, 6.07) is 6.94. The second-order valence-electron chi connectivity index (χ2n) is 4.76. The topological polar surface area (TPSA) is 61.8 Å². The van der Waals surface area contributed by atoms with Crippen molar-refractivity contribution in [1.29, 1.82) is 0 Å². The molecule has 0 fully saturated rings. The highest BCUT2D eigenvalue weighted by molar-refractivity contribution is 5.89. The standard InChI is InChI=1S/C14H22N2O3/c1-10(2)16(9-11(3)17)14(18)15-12-6-5-7-13(8-12)19-4/h5-8,10-11,17H,9H2,1-4H3,(H,15,18). The Balaban J connectivity index is 2.75. The normalized spacial score (nSPS) is 12.1. The number of hydrogen-bond acceptors (Lipinski definition) is 3.